The van der Waals surface area contributed by atoms with E-state index >= 15 is 0 Å². The highest BCUT2D eigenvalue weighted by molar-refractivity contribution is 7.98. The molecule has 0 aliphatic carbocycles. The zero-order valence-electron chi connectivity index (χ0n) is 15.6. The Hall–Kier alpha value is -1.20. The minimum atomic E-state index is 0.810. The number of nitrogens with zero attached hydrogens (tertiary/aromatic N) is 2. The number of aryl methyl sites for hydroxylation is 1. The molecule has 1 fully saturated rings. The van der Waals surface area contributed by atoms with Gasteiger partial charge in [0.05, 0.1) is 0 Å². The van der Waals surface area contributed by atoms with Crippen molar-refractivity contribution in [3.05, 3.63) is 29.3 Å². The van der Waals surface area contributed by atoms with Crippen LogP contribution in [-0.2, 0) is 6.54 Å². The molecule has 4 nitrogen and oxygen atoms in total. The highest BCUT2D eigenvalue weighted by Gasteiger charge is 2.16. The van der Waals surface area contributed by atoms with Gasteiger partial charge in [0.1, 0.15) is 0 Å². The van der Waals surface area contributed by atoms with Crippen LogP contribution in [0.2, 0.25) is 0 Å². The van der Waals surface area contributed by atoms with Crippen molar-refractivity contribution in [3.63, 3.8) is 0 Å². The molecule has 1 heterocycles. The Morgan fingerprint density at radius 2 is 2.04 bits per heavy atom. The van der Waals surface area contributed by atoms with Crippen LogP contribution in [0.5, 0.6) is 0 Å². The fourth-order valence-electron chi connectivity index (χ4n) is 3.14. The Balaban J connectivity index is 1.74. The molecule has 1 aliphatic rings. The topological polar surface area (TPSA) is 39.7 Å². The van der Waals surface area contributed by atoms with Crippen LogP contribution in [-0.4, -0.2) is 50.8 Å². The van der Waals surface area contributed by atoms with Gasteiger partial charge in [-0.25, -0.2) is 0 Å². The molecule has 0 spiro atoms. The molecule has 2 N–H and O–H groups in total. The Morgan fingerprint density at radius 1 is 1.29 bits per heavy atom. The number of benzene rings is 1. The van der Waals surface area contributed by atoms with Gasteiger partial charge < -0.3 is 15.5 Å². The number of aliphatic imine (C=N–C) groups is 1. The number of hydrogen-bond acceptors (Lipinski definition) is 3. The first-order valence-corrected chi connectivity index (χ1v) is 10.1. The summed E-state index contributed by atoms with van der Waals surface area (Å²) in [5.74, 6) is 1.75. The summed E-state index contributed by atoms with van der Waals surface area (Å²) in [6.07, 6.45) is 6.01. The van der Waals surface area contributed by atoms with Gasteiger partial charge in [-0.05, 0) is 75.7 Å². The monoisotopic (exact) mass is 348 g/mol. The van der Waals surface area contributed by atoms with Crippen molar-refractivity contribution in [2.75, 3.05) is 40.0 Å². The first kappa shape index (κ1) is 19.1. The Morgan fingerprint density at radius 3 is 2.71 bits per heavy atom. The van der Waals surface area contributed by atoms with Gasteiger partial charge in [0.2, 0.25) is 0 Å². The highest BCUT2D eigenvalue weighted by atomic mass is 32.2. The van der Waals surface area contributed by atoms with Crippen LogP contribution in [0.1, 0.15) is 30.4 Å². The molecule has 24 heavy (non-hydrogen) atoms. The van der Waals surface area contributed by atoms with Gasteiger partial charge in [0.15, 0.2) is 5.96 Å². The first-order chi connectivity index (χ1) is 11.6. The van der Waals surface area contributed by atoms with Crippen LogP contribution in [0.25, 0.3) is 0 Å². The third-order valence-corrected chi connectivity index (χ3v) is 5.62. The average Bonchev–Trinajstić information content (AvgIpc) is 2.60. The van der Waals surface area contributed by atoms with E-state index in [-0.39, 0.29) is 0 Å². The first-order valence-electron chi connectivity index (χ1n) is 8.89. The maximum Gasteiger partial charge on any atom is 0.191 e. The fourth-order valence-corrected chi connectivity index (χ4v) is 3.85. The van der Waals surface area contributed by atoms with Crippen LogP contribution in [0, 0.1) is 12.8 Å². The number of piperidine rings is 1. The summed E-state index contributed by atoms with van der Waals surface area (Å²) < 4.78 is 0. The molecule has 1 aliphatic heterocycles. The van der Waals surface area contributed by atoms with E-state index < -0.39 is 0 Å². The lowest BCUT2D eigenvalue weighted by molar-refractivity contribution is 0.213. The van der Waals surface area contributed by atoms with E-state index in [1.54, 1.807) is 11.8 Å². The van der Waals surface area contributed by atoms with Gasteiger partial charge in [0.25, 0.3) is 0 Å². The van der Waals surface area contributed by atoms with Crippen LogP contribution < -0.4 is 10.6 Å². The van der Waals surface area contributed by atoms with Crippen molar-refractivity contribution in [1.82, 2.24) is 15.5 Å². The number of nitrogens with one attached hydrogen (secondary N) is 2. The van der Waals surface area contributed by atoms with Crippen molar-refractivity contribution >= 4 is 17.7 Å². The number of rotatable bonds is 6. The van der Waals surface area contributed by atoms with E-state index in [2.05, 4.69) is 59.0 Å². The molecule has 134 valence electrons. The fraction of sp³-hybridized carbons (Fsp3) is 0.632. The van der Waals surface area contributed by atoms with Crippen LogP contribution in [0.3, 0.4) is 0 Å². The van der Waals surface area contributed by atoms with E-state index in [0.717, 1.165) is 25.0 Å². The lowest BCUT2D eigenvalue weighted by atomic mass is 9.94. The summed E-state index contributed by atoms with van der Waals surface area (Å²) >= 11 is 1.80. The number of thioether (sulfide) groups is 1. The SMILES string of the molecule is CN=C(NCCC1CCN(C)CC1)NCc1ccc(C)cc1SC. The molecule has 0 aromatic heterocycles. The van der Waals surface area contributed by atoms with Crippen molar-refractivity contribution in [3.8, 4) is 0 Å². The zero-order valence-corrected chi connectivity index (χ0v) is 16.4. The molecule has 1 aromatic rings. The summed E-state index contributed by atoms with van der Waals surface area (Å²) in [6, 6.07) is 6.63. The smallest absolute Gasteiger partial charge is 0.191 e. The summed E-state index contributed by atoms with van der Waals surface area (Å²) in [4.78, 5) is 8.11. The van der Waals surface area contributed by atoms with Gasteiger partial charge in [0, 0.05) is 25.0 Å². The molecule has 0 unspecified atom stereocenters. The van der Waals surface area contributed by atoms with E-state index in [0.29, 0.717) is 0 Å². The Bertz CT molecular complexity index is 536. The van der Waals surface area contributed by atoms with Crippen LogP contribution in [0.15, 0.2) is 28.1 Å². The maximum atomic E-state index is 4.35. The van der Waals surface area contributed by atoms with E-state index in [1.165, 1.54) is 48.4 Å². The molecule has 0 amide bonds. The van der Waals surface area contributed by atoms with Gasteiger partial charge in [-0.2, -0.15) is 0 Å². The minimum absolute atomic E-state index is 0.810. The predicted molar refractivity (Wildman–Crippen MR) is 106 cm³/mol. The normalized spacial score (nSPS) is 17.1. The molecule has 0 radical (unpaired) electrons. The maximum absolute atomic E-state index is 4.35. The van der Waals surface area contributed by atoms with Crippen LogP contribution >= 0.6 is 11.8 Å². The average molecular weight is 349 g/mol. The van der Waals surface area contributed by atoms with Crippen molar-refractivity contribution in [2.24, 2.45) is 10.9 Å². The van der Waals surface area contributed by atoms with Gasteiger partial charge >= 0.3 is 0 Å². The predicted octanol–water partition coefficient (Wildman–Crippen LogP) is 3.11. The van der Waals surface area contributed by atoms with E-state index in [1.807, 2.05) is 7.05 Å². The molecule has 5 heteroatoms. The van der Waals surface area contributed by atoms with Crippen molar-refractivity contribution in [2.45, 2.75) is 37.6 Å². The quantitative estimate of drug-likeness (QED) is 0.471. The molecular weight excluding hydrogens is 316 g/mol. The van der Waals surface area contributed by atoms with Crippen LogP contribution in [0.4, 0.5) is 0 Å². The lowest BCUT2D eigenvalue weighted by Gasteiger charge is -2.29. The molecule has 1 aromatic carbocycles. The molecule has 0 saturated carbocycles. The minimum Gasteiger partial charge on any atom is -0.356 e. The van der Waals surface area contributed by atoms with Gasteiger partial charge in [-0.15, -0.1) is 11.8 Å². The second-order valence-corrected chi connectivity index (χ2v) is 7.55. The second kappa shape index (κ2) is 9.94. The molecule has 0 bridgehead atoms. The molecule has 2 rings (SSSR count). The van der Waals surface area contributed by atoms with Crippen molar-refractivity contribution in [1.29, 1.82) is 0 Å². The van der Waals surface area contributed by atoms with Gasteiger partial charge in [-0.1, -0.05) is 12.1 Å². The Labute approximate surface area is 151 Å². The standard InChI is InChI=1S/C19H32N4S/c1-15-5-6-17(18(13-15)24-4)14-22-19(20-2)21-10-7-16-8-11-23(3)12-9-16/h5-6,13,16H,7-12,14H2,1-4H3,(H2,20,21,22). The third-order valence-electron chi connectivity index (χ3n) is 4.80. The van der Waals surface area contributed by atoms with Crippen molar-refractivity contribution < 1.29 is 0 Å². The second-order valence-electron chi connectivity index (χ2n) is 6.70. The summed E-state index contributed by atoms with van der Waals surface area (Å²) in [5, 5.41) is 6.91. The Kier molecular flexibility index (Phi) is 7.92. The largest absolute Gasteiger partial charge is 0.356 e. The molecule has 1 saturated heterocycles. The van der Waals surface area contributed by atoms with E-state index in [9.17, 15) is 0 Å². The number of likely N-dealkylation sites (tertiary alicyclic amines) is 1. The zero-order chi connectivity index (χ0) is 17.4. The summed E-state index contributed by atoms with van der Waals surface area (Å²) in [5.41, 5.74) is 2.63. The third kappa shape index (κ3) is 6.02. The number of hydrogen-bond donors (Lipinski definition) is 2. The van der Waals surface area contributed by atoms with E-state index in [4.69, 9.17) is 0 Å². The number of guanidine groups is 1. The summed E-state index contributed by atoms with van der Waals surface area (Å²) in [6.45, 7) is 6.42. The lowest BCUT2D eigenvalue weighted by Crippen LogP contribution is -2.38. The molecule has 0 atom stereocenters. The summed E-state index contributed by atoms with van der Waals surface area (Å²) in [7, 11) is 4.06. The van der Waals surface area contributed by atoms with Gasteiger partial charge in [-0.3, -0.25) is 4.99 Å². The highest BCUT2D eigenvalue weighted by Crippen LogP contribution is 2.21. The molecular formula is C19H32N4S.